The second-order valence-corrected chi connectivity index (χ2v) is 4.73. The summed E-state index contributed by atoms with van der Waals surface area (Å²) in [6, 6.07) is 9.15. The summed E-state index contributed by atoms with van der Waals surface area (Å²) in [7, 11) is 0. The summed E-state index contributed by atoms with van der Waals surface area (Å²) in [6.07, 6.45) is 0.742. The smallest absolute Gasteiger partial charge is 0.258 e. The molecule has 20 heavy (non-hydrogen) atoms. The van der Waals surface area contributed by atoms with Crippen molar-refractivity contribution in [2.24, 2.45) is 0 Å². The molecule has 0 saturated heterocycles. The van der Waals surface area contributed by atoms with Crippen LogP contribution < -0.4 is 10.1 Å². The molecule has 1 aromatic heterocycles. The first kappa shape index (κ1) is 14.4. The maximum atomic E-state index is 11.6. The van der Waals surface area contributed by atoms with E-state index in [1.807, 2.05) is 24.3 Å². The molecule has 0 spiro atoms. The predicted octanol–water partition coefficient (Wildman–Crippen LogP) is 2.37. The zero-order chi connectivity index (χ0) is 14.4. The highest BCUT2D eigenvalue weighted by atomic mass is 35.5. The summed E-state index contributed by atoms with van der Waals surface area (Å²) in [5, 5.41) is 7.10. The molecule has 2 rings (SSSR count). The molecule has 0 fully saturated rings. The fourth-order valence-electron chi connectivity index (χ4n) is 1.60. The van der Waals surface area contributed by atoms with Crippen molar-refractivity contribution < 1.29 is 14.1 Å². The van der Waals surface area contributed by atoms with E-state index in [0.29, 0.717) is 23.2 Å². The summed E-state index contributed by atoms with van der Waals surface area (Å²) < 4.78 is 10.0. The van der Waals surface area contributed by atoms with Gasteiger partial charge in [-0.1, -0.05) is 23.7 Å². The van der Waals surface area contributed by atoms with Crippen molar-refractivity contribution in [3.8, 4) is 5.88 Å². The van der Waals surface area contributed by atoms with Crippen LogP contribution in [0, 0.1) is 6.92 Å². The molecule has 1 heterocycles. The van der Waals surface area contributed by atoms with E-state index in [-0.39, 0.29) is 12.5 Å². The van der Waals surface area contributed by atoms with Crippen LogP contribution in [0.1, 0.15) is 11.3 Å². The molecule has 0 saturated carbocycles. The first-order valence-electron chi connectivity index (χ1n) is 6.21. The predicted molar refractivity (Wildman–Crippen MR) is 74.9 cm³/mol. The fraction of sp³-hybridized carbons (Fsp3) is 0.286. The van der Waals surface area contributed by atoms with E-state index in [9.17, 15) is 4.79 Å². The van der Waals surface area contributed by atoms with E-state index in [0.717, 1.165) is 12.0 Å². The van der Waals surface area contributed by atoms with Gasteiger partial charge >= 0.3 is 0 Å². The largest absolute Gasteiger partial charge is 0.465 e. The van der Waals surface area contributed by atoms with E-state index >= 15 is 0 Å². The Kier molecular flexibility index (Phi) is 5.01. The zero-order valence-electron chi connectivity index (χ0n) is 11.1. The number of ether oxygens (including phenoxy) is 1. The zero-order valence-corrected chi connectivity index (χ0v) is 11.8. The molecule has 1 amide bonds. The number of benzene rings is 1. The number of hydrogen-bond donors (Lipinski definition) is 1. The van der Waals surface area contributed by atoms with Gasteiger partial charge in [-0.3, -0.25) is 4.79 Å². The van der Waals surface area contributed by atoms with Crippen LogP contribution in [0.15, 0.2) is 34.9 Å². The molecular formula is C14H15ClN2O3. The van der Waals surface area contributed by atoms with Gasteiger partial charge in [-0.15, -0.1) is 0 Å². The molecule has 0 aliphatic rings. The average molecular weight is 295 g/mol. The monoisotopic (exact) mass is 294 g/mol. The Morgan fingerprint density at radius 1 is 1.40 bits per heavy atom. The van der Waals surface area contributed by atoms with E-state index in [4.69, 9.17) is 20.9 Å². The van der Waals surface area contributed by atoms with Crippen LogP contribution in [0.25, 0.3) is 0 Å². The lowest BCUT2D eigenvalue weighted by Crippen LogP contribution is -2.30. The van der Waals surface area contributed by atoms with Crippen molar-refractivity contribution in [2.75, 3.05) is 13.2 Å². The van der Waals surface area contributed by atoms with Gasteiger partial charge in [0.2, 0.25) is 0 Å². The molecule has 0 radical (unpaired) electrons. The molecule has 0 aliphatic heterocycles. The van der Waals surface area contributed by atoms with Crippen molar-refractivity contribution >= 4 is 17.5 Å². The number of carbonyl (C=O) groups is 1. The Balaban J connectivity index is 1.66. The number of rotatable bonds is 6. The number of aromatic nitrogens is 1. The van der Waals surface area contributed by atoms with Crippen LogP contribution in [-0.4, -0.2) is 24.2 Å². The van der Waals surface area contributed by atoms with Crippen LogP contribution in [0.2, 0.25) is 5.02 Å². The summed E-state index contributed by atoms with van der Waals surface area (Å²) in [5.41, 5.74) is 1.11. The quantitative estimate of drug-likeness (QED) is 0.888. The maximum Gasteiger partial charge on any atom is 0.258 e. The number of halogens is 1. The van der Waals surface area contributed by atoms with Gasteiger partial charge in [0.15, 0.2) is 6.61 Å². The Morgan fingerprint density at radius 3 is 2.80 bits per heavy atom. The lowest BCUT2D eigenvalue weighted by Gasteiger charge is -2.05. The Morgan fingerprint density at radius 2 is 2.15 bits per heavy atom. The number of carbonyl (C=O) groups excluding carboxylic acids is 1. The molecule has 5 nitrogen and oxygen atoms in total. The highest BCUT2D eigenvalue weighted by Crippen LogP contribution is 2.10. The lowest BCUT2D eigenvalue weighted by atomic mass is 10.1. The van der Waals surface area contributed by atoms with Crippen LogP contribution in [0.5, 0.6) is 5.88 Å². The average Bonchev–Trinajstić information content (AvgIpc) is 2.85. The highest BCUT2D eigenvalue weighted by molar-refractivity contribution is 6.30. The lowest BCUT2D eigenvalue weighted by molar-refractivity contribution is -0.123. The normalized spacial score (nSPS) is 10.3. The summed E-state index contributed by atoms with van der Waals surface area (Å²) in [5.74, 6) is 0.762. The summed E-state index contributed by atoms with van der Waals surface area (Å²) in [4.78, 5) is 11.6. The van der Waals surface area contributed by atoms with Gasteiger partial charge in [-0.25, -0.2) is 0 Å². The summed E-state index contributed by atoms with van der Waals surface area (Å²) >= 11 is 5.80. The molecule has 1 N–H and O–H groups in total. The fourth-order valence-corrected chi connectivity index (χ4v) is 1.73. The third-order valence-corrected chi connectivity index (χ3v) is 2.86. The van der Waals surface area contributed by atoms with Crippen molar-refractivity contribution in [3.63, 3.8) is 0 Å². The first-order chi connectivity index (χ1) is 9.63. The van der Waals surface area contributed by atoms with E-state index < -0.39 is 0 Å². The minimum absolute atomic E-state index is 0.0768. The van der Waals surface area contributed by atoms with Gasteiger partial charge in [0, 0.05) is 17.6 Å². The molecule has 0 unspecified atom stereocenters. The van der Waals surface area contributed by atoms with Crippen LogP contribution >= 0.6 is 11.6 Å². The number of aryl methyl sites for hydroxylation is 1. The van der Waals surface area contributed by atoms with Crippen LogP contribution in [-0.2, 0) is 11.2 Å². The molecular weight excluding hydrogens is 280 g/mol. The molecule has 0 bridgehead atoms. The highest BCUT2D eigenvalue weighted by Gasteiger charge is 2.05. The SMILES string of the molecule is Cc1cc(OCC(=O)NCCc2ccc(Cl)cc2)no1. The van der Waals surface area contributed by atoms with Gasteiger partial charge < -0.3 is 14.6 Å². The van der Waals surface area contributed by atoms with Crippen molar-refractivity contribution in [2.45, 2.75) is 13.3 Å². The molecule has 0 aliphatic carbocycles. The molecule has 1 aromatic carbocycles. The number of nitrogens with one attached hydrogen (secondary N) is 1. The standard InChI is InChI=1S/C14H15ClN2O3/c1-10-8-14(17-20-10)19-9-13(18)16-7-6-11-2-4-12(15)5-3-11/h2-5,8H,6-7,9H2,1H3,(H,16,18). The van der Waals surface area contributed by atoms with Crippen LogP contribution in [0.3, 0.4) is 0 Å². The van der Waals surface area contributed by atoms with Gasteiger partial charge in [-0.2, -0.15) is 0 Å². The maximum absolute atomic E-state index is 11.6. The van der Waals surface area contributed by atoms with Gasteiger partial charge in [0.05, 0.1) is 0 Å². The van der Waals surface area contributed by atoms with E-state index in [1.165, 1.54) is 0 Å². The molecule has 2 aromatic rings. The third kappa shape index (κ3) is 4.59. The Bertz CT molecular complexity index is 566. The van der Waals surface area contributed by atoms with Crippen LogP contribution in [0.4, 0.5) is 0 Å². The number of nitrogens with zero attached hydrogens (tertiary/aromatic N) is 1. The molecule has 6 heteroatoms. The minimum atomic E-state index is -0.195. The summed E-state index contributed by atoms with van der Waals surface area (Å²) in [6.45, 7) is 2.22. The number of hydrogen-bond acceptors (Lipinski definition) is 4. The van der Waals surface area contributed by atoms with E-state index in [2.05, 4.69) is 10.5 Å². The van der Waals surface area contributed by atoms with Gasteiger partial charge in [-0.05, 0) is 36.2 Å². The third-order valence-electron chi connectivity index (χ3n) is 2.61. The molecule has 0 atom stereocenters. The molecule has 106 valence electrons. The second-order valence-electron chi connectivity index (χ2n) is 4.29. The van der Waals surface area contributed by atoms with Crippen molar-refractivity contribution in [3.05, 3.63) is 46.7 Å². The number of amides is 1. The Hall–Kier alpha value is -2.01. The van der Waals surface area contributed by atoms with Crippen molar-refractivity contribution in [1.29, 1.82) is 0 Å². The minimum Gasteiger partial charge on any atom is -0.465 e. The second kappa shape index (κ2) is 6.96. The van der Waals surface area contributed by atoms with Crippen molar-refractivity contribution in [1.82, 2.24) is 10.5 Å². The van der Waals surface area contributed by atoms with Gasteiger partial charge in [0.25, 0.3) is 11.8 Å². The first-order valence-corrected chi connectivity index (χ1v) is 6.58. The van der Waals surface area contributed by atoms with E-state index in [1.54, 1.807) is 13.0 Å². The topological polar surface area (TPSA) is 64.4 Å². The Labute approximate surface area is 121 Å². The van der Waals surface area contributed by atoms with Gasteiger partial charge in [0.1, 0.15) is 5.76 Å².